The Balaban J connectivity index is 2.02. The van der Waals surface area contributed by atoms with Crippen LogP contribution in [-0.4, -0.2) is 35.0 Å². The fraction of sp³-hybridized carbons (Fsp3) is 0.176. The van der Waals surface area contributed by atoms with Crippen LogP contribution < -0.4 is 10.1 Å². The second-order valence-corrected chi connectivity index (χ2v) is 5.01. The predicted octanol–water partition coefficient (Wildman–Crippen LogP) is 2.06. The molecule has 0 fully saturated rings. The minimum atomic E-state index is -0.800. The molecule has 0 spiro atoms. The van der Waals surface area contributed by atoms with Gasteiger partial charge in [-0.1, -0.05) is 0 Å². The second kappa shape index (κ2) is 8.91. The van der Waals surface area contributed by atoms with Crippen LogP contribution in [0.3, 0.4) is 0 Å². The quantitative estimate of drug-likeness (QED) is 0.443. The molecule has 1 heterocycles. The van der Waals surface area contributed by atoms with E-state index in [1.807, 2.05) is 0 Å². The van der Waals surface area contributed by atoms with Crippen LogP contribution in [0.2, 0.25) is 0 Å². The number of nitriles is 1. The number of esters is 1. The maximum atomic E-state index is 12.1. The van der Waals surface area contributed by atoms with Gasteiger partial charge in [-0.15, -0.1) is 0 Å². The highest BCUT2D eigenvalue weighted by Crippen LogP contribution is 2.21. The van der Waals surface area contributed by atoms with E-state index in [1.54, 1.807) is 13.0 Å². The van der Waals surface area contributed by atoms with Gasteiger partial charge >= 0.3 is 5.97 Å². The summed E-state index contributed by atoms with van der Waals surface area (Å²) >= 11 is 0. The van der Waals surface area contributed by atoms with Gasteiger partial charge in [-0.05, 0) is 25.1 Å². The van der Waals surface area contributed by atoms with E-state index in [1.165, 1.54) is 24.4 Å². The number of hydrogen-bond acceptors (Lipinski definition) is 8. The Morgan fingerprint density at radius 2 is 2.15 bits per heavy atom. The number of hydrogen-bond donors (Lipinski definition) is 1. The highest BCUT2D eigenvalue weighted by molar-refractivity contribution is 5.97. The van der Waals surface area contributed by atoms with Crippen molar-refractivity contribution >= 4 is 23.3 Å². The van der Waals surface area contributed by atoms with Gasteiger partial charge in [0, 0.05) is 18.3 Å². The van der Waals surface area contributed by atoms with Crippen LogP contribution in [0.5, 0.6) is 5.88 Å². The molecule has 0 bridgehead atoms. The van der Waals surface area contributed by atoms with Crippen molar-refractivity contribution in [3.05, 3.63) is 57.8 Å². The number of carbonyl (C=O) groups excluding carboxylic acids is 2. The van der Waals surface area contributed by atoms with Crippen LogP contribution in [0, 0.1) is 21.4 Å². The minimum Gasteiger partial charge on any atom is -0.477 e. The lowest BCUT2D eigenvalue weighted by molar-refractivity contribution is -0.384. The zero-order valence-corrected chi connectivity index (χ0v) is 14.2. The zero-order valence-electron chi connectivity index (χ0n) is 14.2. The molecule has 27 heavy (non-hydrogen) atoms. The van der Waals surface area contributed by atoms with Crippen molar-refractivity contribution in [2.24, 2.45) is 0 Å². The number of ether oxygens (including phenoxy) is 2. The number of non-ortho nitro benzene ring substituents is 1. The van der Waals surface area contributed by atoms with Gasteiger partial charge in [-0.3, -0.25) is 14.9 Å². The molecule has 1 N–H and O–H groups in total. The number of carbonyl (C=O) groups is 2. The molecule has 138 valence electrons. The number of nitro benzene ring substituents is 1. The maximum absolute atomic E-state index is 12.1. The summed E-state index contributed by atoms with van der Waals surface area (Å²) in [5.74, 6) is -1.42. The highest BCUT2D eigenvalue weighted by Gasteiger charge is 2.17. The average Bonchev–Trinajstić information content (AvgIpc) is 2.67. The molecule has 0 aliphatic heterocycles. The van der Waals surface area contributed by atoms with Crippen LogP contribution in [0.15, 0.2) is 36.5 Å². The van der Waals surface area contributed by atoms with Crippen molar-refractivity contribution in [1.82, 2.24) is 4.98 Å². The molecule has 0 atom stereocenters. The lowest BCUT2D eigenvalue weighted by Crippen LogP contribution is -2.21. The second-order valence-electron chi connectivity index (χ2n) is 5.01. The molecule has 0 unspecified atom stereocenters. The van der Waals surface area contributed by atoms with E-state index >= 15 is 0 Å². The molecule has 0 saturated heterocycles. The summed E-state index contributed by atoms with van der Waals surface area (Å²) in [4.78, 5) is 38.0. The third-order valence-electron chi connectivity index (χ3n) is 3.21. The number of nitrogens with zero attached hydrogens (tertiary/aromatic N) is 3. The summed E-state index contributed by atoms with van der Waals surface area (Å²) in [7, 11) is 0. The van der Waals surface area contributed by atoms with Crippen LogP contribution in [0.1, 0.15) is 22.8 Å². The number of amides is 1. The number of nitro groups is 1. The van der Waals surface area contributed by atoms with Crippen molar-refractivity contribution < 1.29 is 24.0 Å². The summed E-state index contributed by atoms with van der Waals surface area (Å²) in [6, 6.07) is 8.13. The Bertz CT molecular complexity index is 922. The molecule has 0 saturated carbocycles. The Morgan fingerprint density at radius 1 is 1.37 bits per heavy atom. The van der Waals surface area contributed by atoms with Crippen molar-refractivity contribution in [3.63, 3.8) is 0 Å². The van der Waals surface area contributed by atoms with Crippen molar-refractivity contribution in [2.45, 2.75) is 6.92 Å². The Labute approximate surface area is 153 Å². The molecule has 10 nitrogen and oxygen atoms in total. The van der Waals surface area contributed by atoms with E-state index in [0.29, 0.717) is 6.61 Å². The van der Waals surface area contributed by atoms with E-state index in [-0.39, 0.29) is 28.4 Å². The number of benzene rings is 1. The molecule has 1 amide bonds. The van der Waals surface area contributed by atoms with Gasteiger partial charge in [-0.25, -0.2) is 9.78 Å². The maximum Gasteiger partial charge on any atom is 0.344 e. The van der Waals surface area contributed by atoms with Gasteiger partial charge in [0.1, 0.15) is 11.6 Å². The largest absolute Gasteiger partial charge is 0.477 e. The molecule has 10 heteroatoms. The first-order valence-electron chi connectivity index (χ1n) is 7.69. The van der Waals surface area contributed by atoms with Crippen molar-refractivity contribution in [2.75, 3.05) is 18.5 Å². The predicted molar refractivity (Wildman–Crippen MR) is 92.1 cm³/mol. The first kappa shape index (κ1) is 19.3. The molecular formula is C17H14N4O6. The van der Waals surface area contributed by atoms with Gasteiger partial charge in [-0.2, -0.15) is 5.26 Å². The molecular weight excluding hydrogens is 356 g/mol. The van der Waals surface area contributed by atoms with Crippen LogP contribution >= 0.6 is 0 Å². The Morgan fingerprint density at radius 3 is 2.81 bits per heavy atom. The number of rotatable bonds is 7. The zero-order chi connectivity index (χ0) is 19.8. The van der Waals surface area contributed by atoms with Crippen LogP contribution in [-0.2, 0) is 9.53 Å². The summed E-state index contributed by atoms with van der Waals surface area (Å²) in [5.41, 5.74) is -0.230. The molecule has 1 aromatic heterocycles. The number of nitrogens with one attached hydrogen (secondary N) is 1. The molecule has 0 aliphatic carbocycles. The van der Waals surface area contributed by atoms with Gasteiger partial charge in [0.25, 0.3) is 11.6 Å². The first-order valence-corrected chi connectivity index (χ1v) is 7.69. The number of aromatic nitrogens is 1. The average molecular weight is 370 g/mol. The lowest BCUT2D eigenvalue weighted by atomic mass is 10.1. The van der Waals surface area contributed by atoms with Crippen molar-refractivity contribution in [1.29, 1.82) is 5.26 Å². The smallest absolute Gasteiger partial charge is 0.344 e. The normalized spacial score (nSPS) is 9.78. The molecule has 0 aliphatic rings. The van der Waals surface area contributed by atoms with E-state index in [4.69, 9.17) is 14.7 Å². The topological polar surface area (TPSA) is 144 Å². The molecule has 1 aromatic carbocycles. The summed E-state index contributed by atoms with van der Waals surface area (Å²) in [5, 5.41) is 22.1. The van der Waals surface area contributed by atoms with E-state index in [0.717, 1.165) is 12.1 Å². The summed E-state index contributed by atoms with van der Waals surface area (Å²) in [6.07, 6.45) is 1.45. The number of pyridine rings is 1. The summed E-state index contributed by atoms with van der Waals surface area (Å²) in [6.45, 7) is 1.41. The molecule has 0 radical (unpaired) electrons. The standard InChI is InChI=1S/C17H14N4O6/c1-2-26-16-13(4-3-7-19-16)17(23)27-10-15(22)20-14-6-5-12(21(24)25)8-11(14)9-18/h3-8H,2,10H2,1H3,(H,20,22). The van der Waals surface area contributed by atoms with E-state index in [9.17, 15) is 19.7 Å². The van der Waals surface area contributed by atoms with Gasteiger partial charge in [0.05, 0.1) is 22.8 Å². The van der Waals surface area contributed by atoms with Gasteiger partial charge in [0.2, 0.25) is 5.88 Å². The number of anilines is 1. The van der Waals surface area contributed by atoms with Gasteiger partial charge in [0.15, 0.2) is 6.61 Å². The molecule has 2 rings (SSSR count). The summed E-state index contributed by atoms with van der Waals surface area (Å²) < 4.78 is 10.1. The van der Waals surface area contributed by atoms with Crippen molar-refractivity contribution in [3.8, 4) is 11.9 Å². The highest BCUT2D eigenvalue weighted by atomic mass is 16.6. The van der Waals surface area contributed by atoms with Gasteiger partial charge < -0.3 is 14.8 Å². The Hall–Kier alpha value is -4.00. The third kappa shape index (κ3) is 4.99. The van der Waals surface area contributed by atoms with Crippen LogP contribution in [0.25, 0.3) is 0 Å². The molecule has 2 aromatic rings. The Kier molecular flexibility index (Phi) is 6.38. The van der Waals surface area contributed by atoms with E-state index in [2.05, 4.69) is 10.3 Å². The van der Waals surface area contributed by atoms with Crippen LogP contribution in [0.4, 0.5) is 11.4 Å². The monoisotopic (exact) mass is 370 g/mol. The third-order valence-corrected chi connectivity index (χ3v) is 3.21. The minimum absolute atomic E-state index is 0.0696. The SMILES string of the molecule is CCOc1ncccc1C(=O)OCC(=O)Nc1ccc([N+](=O)[O-])cc1C#N. The fourth-order valence-corrected chi connectivity index (χ4v) is 2.04. The first-order chi connectivity index (χ1) is 13.0. The fourth-order valence-electron chi connectivity index (χ4n) is 2.04. The van der Waals surface area contributed by atoms with E-state index < -0.39 is 23.4 Å². The lowest BCUT2D eigenvalue weighted by Gasteiger charge is -2.10.